The average Bonchev–Trinajstić information content (AvgIpc) is 3.07. The van der Waals surface area contributed by atoms with Crippen LogP contribution >= 0.6 is 15.9 Å². The van der Waals surface area contributed by atoms with E-state index in [4.69, 9.17) is 4.42 Å². The van der Waals surface area contributed by atoms with Gasteiger partial charge in [0.25, 0.3) is 11.6 Å². The van der Waals surface area contributed by atoms with Gasteiger partial charge in [0.05, 0.1) is 21.9 Å². The number of carbonyl (C=O) groups excluding carboxylic acids is 1. The molecular formula is C24H15BrN2O5. The number of nitro groups is 1. The zero-order valence-corrected chi connectivity index (χ0v) is 18.3. The molecule has 0 saturated heterocycles. The van der Waals surface area contributed by atoms with Gasteiger partial charge in [-0.15, -0.1) is 0 Å². The van der Waals surface area contributed by atoms with E-state index in [1.807, 2.05) is 19.1 Å². The molecule has 3 aromatic carbocycles. The molecule has 0 saturated carbocycles. The first-order chi connectivity index (χ1) is 15.3. The van der Waals surface area contributed by atoms with E-state index in [9.17, 15) is 19.7 Å². The maximum absolute atomic E-state index is 13.6. The third-order valence-electron chi connectivity index (χ3n) is 5.53. The number of fused-ring (bicyclic) bond motifs is 2. The van der Waals surface area contributed by atoms with Crippen LogP contribution in [0, 0.1) is 17.0 Å². The third kappa shape index (κ3) is 3.11. The maximum Gasteiger partial charge on any atom is 0.295 e. The zero-order chi connectivity index (χ0) is 22.6. The van der Waals surface area contributed by atoms with Gasteiger partial charge in [-0.05, 0) is 55.0 Å². The summed E-state index contributed by atoms with van der Waals surface area (Å²) >= 11 is 3.43. The Hall–Kier alpha value is -3.78. The summed E-state index contributed by atoms with van der Waals surface area (Å²) in [7, 11) is 0. The molecule has 8 heteroatoms. The van der Waals surface area contributed by atoms with Gasteiger partial charge in [0.15, 0.2) is 5.43 Å². The molecular weight excluding hydrogens is 476 g/mol. The number of anilines is 1. The number of nitro benzene ring substituents is 1. The van der Waals surface area contributed by atoms with Crippen molar-refractivity contribution < 1.29 is 14.1 Å². The number of hydrogen-bond donors (Lipinski definition) is 0. The Morgan fingerprint density at radius 2 is 1.78 bits per heavy atom. The van der Waals surface area contributed by atoms with Crippen molar-refractivity contribution in [2.24, 2.45) is 0 Å². The highest BCUT2D eigenvalue weighted by Crippen LogP contribution is 2.42. The lowest BCUT2D eigenvalue weighted by atomic mass is 9.97. The molecule has 0 aliphatic carbocycles. The quantitative estimate of drug-likeness (QED) is 0.278. The number of carbonyl (C=O) groups is 1. The lowest BCUT2D eigenvalue weighted by Crippen LogP contribution is -2.29. The largest absolute Gasteiger partial charge is 0.450 e. The Morgan fingerprint density at radius 3 is 2.47 bits per heavy atom. The first-order valence-corrected chi connectivity index (χ1v) is 10.6. The highest BCUT2D eigenvalue weighted by atomic mass is 79.9. The van der Waals surface area contributed by atoms with E-state index in [0.29, 0.717) is 22.2 Å². The summed E-state index contributed by atoms with van der Waals surface area (Å²) in [5.74, 6) is -0.462. The fourth-order valence-electron chi connectivity index (χ4n) is 4.07. The molecule has 1 atom stereocenters. The minimum atomic E-state index is -0.784. The summed E-state index contributed by atoms with van der Waals surface area (Å²) in [4.78, 5) is 39.2. The van der Waals surface area contributed by atoms with Gasteiger partial charge in [-0.3, -0.25) is 24.6 Å². The molecule has 0 radical (unpaired) electrons. The number of non-ortho nitro benzene ring substituents is 1. The standard InChI is InChI=1S/C24H15BrN2O5/c1-13-5-10-19-18(11-13)22(28)20-21(14-6-8-16(9-7-14)27(30)31)26(24(29)23(20)32-19)17-4-2-3-15(25)12-17/h2-12,21H,1H3. The maximum atomic E-state index is 13.6. The van der Waals surface area contributed by atoms with Crippen molar-refractivity contribution in [1.29, 1.82) is 0 Å². The van der Waals surface area contributed by atoms with Crippen LogP contribution in [-0.4, -0.2) is 10.8 Å². The van der Waals surface area contributed by atoms with E-state index in [1.54, 1.807) is 42.5 Å². The van der Waals surface area contributed by atoms with E-state index >= 15 is 0 Å². The summed E-state index contributed by atoms with van der Waals surface area (Å²) in [6.07, 6.45) is 0. The van der Waals surface area contributed by atoms with Crippen LogP contribution in [0.1, 0.15) is 33.3 Å². The predicted molar refractivity (Wildman–Crippen MR) is 123 cm³/mol. The van der Waals surface area contributed by atoms with Gasteiger partial charge in [0, 0.05) is 22.3 Å². The number of halogens is 1. The number of nitrogens with zero attached hydrogens (tertiary/aromatic N) is 2. The van der Waals surface area contributed by atoms with E-state index in [0.717, 1.165) is 10.0 Å². The SMILES string of the molecule is Cc1ccc2oc3c(c(=O)c2c1)C(c1ccc([N+](=O)[O-])cc1)N(c1cccc(Br)c1)C3=O. The molecule has 1 aromatic heterocycles. The highest BCUT2D eigenvalue weighted by molar-refractivity contribution is 9.10. The van der Waals surface area contributed by atoms with Crippen molar-refractivity contribution in [2.75, 3.05) is 4.90 Å². The molecule has 1 aliphatic rings. The van der Waals surface area contributed by atoms with Crippen molar-refractivity contribution >= 4 is 44.2 Å². The summed E-state index contributed by atoms with van der Waals surface area (Å²) in [6.45, 7) is 1.87. The Kier molecular flexibility index (Phi) is 4.67. The summed E-state index contributed by atoms with van der Waals surface area (Å²) in [5, 5.41) is 11.5. The number of benzene rings is 3. The number of hydrogen-bond acceptors (Lipinski definition) is 5. The summed E-state index contributed by atoms with van der Waals surface area (Å²) < 4.78 is 6.70. The molecule has 1 aliphatic heterocycles. The van der Waals surface area contributed by atoms with Gasteiger partial charge in [-0.1, -0.05) is 33.6 Å². The lowest BCUT2D eigenvalue weighted by molar-refractivity contribution is -0.384. The number of amides is 1. The topological polar surface area (TPSA) is 93.7 Å². The van der Waals surface area contributed by atoms with Crippen LogP contribution in [0.25, 0.3) is 11.0 Å². The lowest BCUT2D eigenvalue weighted by Gasteiger charge is -2.25. The van der Waals surface area contributed by atoms with Gasteiger partial charge in [0.2, 0.25) is 5.76 Å². The number of aryl methyl sites for hydroxylation is 1. The monoisotopic (exact) mass is 490 g/mol. The molecule has 1 amide bonds. The van der Waals surface area contributed by atoms with E-state index in [1.165, 1.54) is 17.0 Å². The molecule has 7 nitrogen and oxygen atoms in total. The fourth-order valence-corrected chi connectivity index (χ4v) is 4.46. The molecule has 158 valence electrons. The van der Waals surface area contributed by atoms with Crippen molar-refractivity contribution in [3.05, 3.63) is 114 Å². The van der Waals surface area contributed by atoms with E-state index < -0.39 is 16.9 Å². The Morgan fingerprint density at radius 1 is 1.03 bits per heavy atom. The average molecular weight is 491 g/mol. The minimum Gasteiger partial charge on any atom is -0.450 e. The smallest absolute Gasteiger partial charge is 0.295 e. The van der Waals surface area contributed by atoms with E-state index in [-0.39, 0.29) is 22.4 Å². The molecule has 32 heavy (non-hydrogen) atoms. The van der Waals surface area contributed by atoms with Crippen molar-refractivity contribution in [2.45, 2.75) is 13.0 Å². The molecule has 0 N–H and O–H groups in total. The second-order valence-electron chi connectivity index (χ2n) is 7.58. The second kappa shape index (κ2) is 7.42. The van der Waals surface area contributed by atoms with Gasteiger partial charge in [-0.25, -0.2) is 0 Å². The van der Waals surface area contributed by atoms with Crippen LogP contribution in [0.15, 0.2) is 80.4 Å². The normalized spacial score (nSPS) is 15.2. The molecule has 1 unspecified atom stereocenters. The van der Waals surface area contributed by atoms with Crippen LogP contribution in [0.4, 0.5) is 11.4 Å². The summed E-state index contributed by atoms with van der Waals surface area (Å²) in [5.41, 5.74) is 2.23. The van der Waals surface area contributed by atoms with Crippen molar-refractivity contribution in [3.63, 3.8) is 0 Å². The van der Waals surface area contributed by atoms with E-state index in [2.05, 4.69) is 15.9 Å². The number of rotatable bonds is 3. The fraction of sp³-hybridized carbons (Fsp3) is 0.0833. The molecule has 2 heterocycles. The Bertz CT molecular complexity index is 1480. The Labute approximate surface area is 190 Å². The molecule has 0 spiro atoms. The van der Waals surface area contributed by atoms with Gasteiger partial charge >= 0.3 is 0 Å². The molecule has 5 rings (SSSR count). The van der Waals surface area contributed by atoms with Crippen LogP contribution in [0.3, 0.4) is 0 Å². The van der Waals surface area contributed by atoms with Gasteiger partial charge in [0.1, 0.15) is 5.58 Å². The van der Waals surface area contributed by atoms with Crippen LogP contribution in [0.2, 0.25) is 0 Å². The van der Waals surface area contributed by atoms with Crippen molar-refractivity contribution in [3.8, 4) is 0 Å². The molecule has 4 aromatic rings. The minimum absolute atomic E-state index is 0.0188. The van der Waals surface area contributed by atoms with Gasteiger partial charge in [-0.2, -0.15) is 0 Å². The van der Waals surface area contributed by atoms with Crippen molar-refractivity contribution in [1.82, 2.24) is 0 Å². The first-order valence-electron chi connectivity index (χ1n) is 9.76. The zero-order valence-electron chi connectivity index (χ0n) is 16.7. The van der Waals surface area contributed by atoms with Gasteiger partial charge < -0.3 is 4.42 Å². The van der Waals surface area contributed by atoms with Crippen LogP contribution in [0.5, 0.6) is 0 Å². The predicted octanol–water partition coefficient (Wildman–Crippen LogP) is 5.52. The van der Waals surface area contributed by atoms with Crippen LogP contribution in [-0.2, 0) is 0 Å². The third-order valence-corrected chi connectivity index (χ3v) is 6.02. The Balaban J connectivity index is 1.80. The van der Waals surface area contributed by atoms with Crippen LogP contribution < -0.4 is 10.3 Å². The summed E-state index contributed by atoms with van der Waals surface area (Å²) in [6, 6.07) is 17.5. The molecule has 0 fully saturated rings. The highest BCUT2D eigenvalue weighted by Gasteiger charge is 2.43. The second-order valence-corrected chi connectivity index (χ2v) is 8.50. The first kappa shape index (κ1) is 20.1. The molecule has 0 bridgehead atoms.